The minimum absolute atomic E-state index is 0.612. The zero-order chi connectivity index (χ0) is 9.80. The first-order chi connectivity index (χ1) is 6.90. The van der Waals surface area contributed by atoms with Gasteiger partial charge in [0.15, 0.2) is 11.5 Å². The monoisotopic (exact) mass is 194 g/mol. The molecule has 1 aliphatic heterocycles. The SMILES string of the molecule is CCNCc1cc2c(cn1)OCCO2. The molecule has 1 N–H and O–H groups in total. The zero-order valence-corrected chi connectivity index (χ0v) is 8.25. The summed E-state index contributed by atoms with van der Waals surface area (Å²) in [5, 5.41) is 3.21. The maximum atomic E-state index is 5.45. The van der Waals surface area contributed by atoms with Gasteiger partial charge in [-0.15, -0.1) is 0 Å². The van der Waals surface area contributed by atoms with E-state index < -0.39 is 0 Å². The Hall–Kier alpha value is -1.29. The normalized spacial score (nSPS) is 14.1. The first-order valence-corrected chi connectivity index (χ1v) is 4.85. The zero-order valence-electron chi connectivity index (χ0n) is 8.25. The van der Waals surface area contributed by atoms with Gasteiger partial charge in [-0.25, -0.2) is 0 Å². The molecule has 76 valence electrons. The lowest BCUT2D eigenvalue weighted by Gasteiger charge is -2.18. The lowest BCUT2D eigenvalue weighted by Crippen LogP contribution is -2.17. The number of fused-ring (bicyclic) bond motifs is 1. The highest BCUT2D eigenvalue weighted by atomic mass is 16.6. The minimum atomic E-state index is 0.612. The molecule has 0 radical (unpaired) electrons. The summed E-state index contributed by atoms with van der Waals surface area (Å²) in [6, 6.07) is 1.93. The number of rotatable bonds is 3. The van der Waals surface area contributed by atoms with Crippen molar-refractivity contribution in [2.24, 2.45) is 0 Å². The average Bonchev–Trinajstić information content (AvgIpc) is 2.26. The molecule has 0 unspecified atom stereocenters. The molecule has 0 spiro atoms. The predicted molar refractivity (Wildman–Crippen MR) is 52.6 cm³/mol. The van der Waals surface area contributed by atoms with Crippen LogP contribution in [-0.4, -0.2) is 24.7 Å². The number of aromatic nitrogens is 1. The van der Waals surface area contributed by atoms with E-state index in [2.05, 4.69) is 17.2 Å². The summed E-state index contributed by atoms with van der Waals surface area (Å²) in [6.07, 6.45) is 1.72. The Labute approximate surface area is 83.2 Å². The van der Waals surface area contributed by atoms with Gasteiger partial charge in [-0.1, -0.05) is 6.92 Å². The smallest absolute Gasteiger partial charge is 0.179 e. The van der Waals surface area contributed by atoms with Gasteiger partial charge < -0.3 is 14.8 Å². The topological polar surface area (TPSA) is 43.4 Å². The largest absolute Gasteiger partial charge is 0.486 e. The van der Waals surface area contributed by atoms with E-state index >= 15 is 0 Å². The molecule has 0 bridgehead atoms. The fourth-order valence-electron chi connectivity index (χ4n) is 1.34. The second-order valence-electron chi connectivity index (χ2n) is 3.10. The van der Waals surface area contributed by atoms with Gasteiger partial charge in [-0.2, -0.15) is 0 Å². The summed E-state index contributed by atoms with van der Waals surface area (Å²) in [6.45, 7) is 5.01. The van der Waals surface area contributed by atoms with E-state index in [1.807, 2.05) is 6.07 Å². The number of pyridine rings is 1. The molecule has 0 fully saturated rings. The molecule has 1 aromatic rings. The number of ether oxygens (including phenoxy) is 2. The molecular formula is C10H14N2O2. The molecule has 2 heterocycles. The lowest BCUT2D eigenvalue weighted by atomic mass is 10.3. The highest BCUT2D eigenvalue weighted by Gasteiger charge is 2.11. The third kappa shape index (κ3) is 1.96. The maximum absolute atomic E-state index is 5.45. The number of nitrogens with zero attached hydrogens (tertiary/aromatic N) is 1. The van der Waals surface area contributed by atoms with Crippen LogP contribution in [0.5, 0.6) is 11.5 Å². The van der Waals surface area contributed by atoms with Crippen molar-refractivity contribution in [3.63, 3.8) is 0 Å². The van der Waals surface area contributed by atoms with Crippen LogP contribution >= 0.6 is 0 Å². The Bertz CT molecular complexity index is 315. The molecule has 0 aliphatic carbocycles. The molecule has 1 aliphatic rings. The second-order valence-corrected chi connectivity index (χ2v) is 3.10. The molecule has 4 heteroatoms. The molecule has 14 heavy (non-hydrogen) atoms. The Kier molecular flexibility index (Phi) is 2.84. The molecule has 1 aromatic heterocycles. The van der Waals surface area contributed by atoms with Crippen LogP contribution in [0.4, 0.5) is 0 Å². The van der Waals surface area contributed by atoms with Crippen molar-refractivity contribution in [2.45, 2.75) is 13.5 Å². The fourth-order valence-corrected chi connectivity index (χ4v) is 1.34. The van der Waals surface area contributed by atoms with Gasteiger partial charge in [0.2, 0.25) is 0 Å². The van der Waals surface area contributed by atoms with Gasteiger partial charge in [0.1, 0.15) is 13.2 Å². The Balaban J connectivity index is 2.12. The molecule has 0 atom stereocenters. The van der Waals surface area contributed by atoms with Crippen molar-refractivity contribution in [3.05, 3.63) is 18.0 Å². The number of hydrogen-bond donors (Lipinski definition) is 1. The van der Waals surface area contributed by atoms with Crippen molar-refractivity contribution in [1.29, 1.82) is 0 Å². The molecule has 0 aromatic carbocycles. The quantitative estimate of drug-likeness (QED) is 0.778. The highest BCUT2D eigenvalue weighted by molar-refractivity contribution is 5.39. The van der Waals surface area contributed by atoms with E-state index in [4.69, 9.17) is 9.47 Å². The molecule has 0 amide bonds. The van der Waals surface area contributed by atoms with E-state index in [0.717, 1.165) is 30.3 Å². The summed E-state index contributed by atoms with van der Waals surface area (Å²) in [5.74, 6) is 1.55. The highest BCUT2D eigenvalue weighted by Crippen LogP contribution is 2.29. The molecule has 0 saturated heterocycles. The third-order valence-corrected chi connectivity index (χ3v) is 2.04. The third-order valence-electron chi connectivity index (χ3n) is 2.04. The maximum Gasteiger partial charge on any atom is 0.179 e. The summed E-state index contributed by atoms with van der Waals surface area (Å²) < 4.78 is 10.8. The number of hydrogen-bond acceptors (Lipinski definition) is 4. The Morgan fingerprint density at radius 2 is 2.14 bits per heavy atom. The first kappa shape index (κ1) is 9.27. The van der Waals surface area contributed by atoms with Crippen molar-refractivity contribution in [2.75, 3.05) is 19.8 Å². The standard InChI is InChI=1S/C10H14N2O2/c1-2-11-6-8-5-9-10(7-12-8)14-4-3-13-9/h5,7,11H,2-4,6H2,1H3. The second kappa shape index (κ2) is 4.28. The molecular weight excluding hydrogens is 180 g/mol. The van der Waals surface area contributed by atoms with Gasteiger partial charge in [0.05, 0.1) is 11.9 Å². The van der Waals surface area contributed by atoms with Crippen molar-refractivity contribution >= 4 is 0 Å². The predicted octanol–water partition coefficient (Wildman–Crippen LogP) is 0.962. The van der Waals surface area contributed by atoms with Crippen LogP contribution < -0.4 is 14.8 Å². The average molecular weight is 194 g/mol. The Morgan fingerprint density at radius 1 is 1.36 bits per heavy atom. The van der Waals surface area contributed by atoms with Crippen LogP contribution in [0, 0.1) is 0 Å². The van der Waals surface area contributed by atoms with E-state index in [-0.39, 0.29) is 0 Å². The molecule has 2 rings (SSSR count). The van der Waals surface area contributed by atoms with Crippen molar-refractivity contribution < 1.29 is 9.47 Å². The molecule has 4 nitrogen and oxygen atoms in total. The van der Waals surface area contributed by atoms with Gasteiger partial charge in [0, 0.05) is 12.6 Å². The van der Waals surface area contributed by atoms with E-state index in [0.29, 0.717) is 13.2 Å². The summed E-state index contributed by atoms with van der Waals surface area (Å²) in [4.78, 5) is 4.26. The molecule has 0 saturated carbocycles. The van der Waals surface area contributed by atoms with Gasteiger partial charge in [-0.3, -0.25) is 4.98 Å². The summed E-state index contributed by atoms with van der Waals surface area (Å²) >= 11 is 0. The fraction of sp³-hybridized carbons (Fsp3) is 0.500. The van der Waals surface area contributed by atoms with E-state index in [1.54, 1.807) is 6.20 Å². The minimum Gasteiger partial charge on any atom is -0.486 e. The van der Waals surface area contributed by atoms with Crippen LogP contribution in [0.1, 0.15) is 12.6 Å². The van der Waals surface area contributed by atoms with Gasteiger partial charge in [-0.05, 0) is 6.54 Å². The van der Waals surface area contributed by atoms with Crippen molar-refractivity contribution in [1.82, 2.24) is 10.3 Å². The first-order valence-electron chi connectivity index (χ1n) is 4.85. The summed E-state index contributed by atoms with van der Waals surface area (Å²) in [7, 11) is 0. The Morgan fingerprint density at radius 3 is 2.93 bits per heavy atom. The van der Waals surface area contributed by atoms with Gasteiger partial charge >= 0.3 is 0 Å². The van der Waals surface area contributed by atoms with Crippen LogP contribution in [0.2, 0.25) is 0 Å². The van der Waals surface area contributed by atoms with Crippen LogP contribution in [0.3, 0.4) is 0 Å². The van der Waals surface area contributed by atoms with Crippen LogP contribution in [0.15, 0.2) is 12.3 Å². The van der Waals surface area contributed by atoms with Crippen LogP contribution in [-0.2, 0) is 6.54 Å². The summed E-state index contributed by atoms with van der Waals surface area (Å²) in [5.41, 5.74) is 0.983. The number of nitrogens with one attached hydrogen (secondary N) is 1. The van der Waals surface area contributed by atoms with E-state index in [1.165, 1.54) is 0 Å². The van der Waals surface area contributed by atoms with Crippen LogP contribution in [0.25, 0.3) is 0 Å². The van der Waals surface area contributed by atoms with Crippen molar-refractivity contribution in [3.8, 4) is 11.5 Å². The van der Waals surface area contributed by atoms with E-state index in [9.17, 15) is 0 Å². The van der Waals surface area contributed by atoms with Gasteiger partial charge in [0.25, 0.3) is 0 Å². The lowest BCUT2D eigenvalue weighted by molar-refractivity contribution is 0.170.